The van der Waals surface area contributed by atoms with Crippen LogP contribution in [-0.4, -0.2) is 70.1 Å². The van der Waals surface area contributed by atoms with Gasteiger partial charge in [-0.2, -0.15) is 0 Å². The molecular formula is C39H48N4O6. The summed E-state index contributed by atoms with van der Waals surface area (Å²) in [5.74, 6) is -2.04. The number of rotatable bonds is 15. The van der Waals surface area contributed by atoms with Crippen LogP contribution >= 0.6 is 0 Å². The fourth-order valence-electron chi connectivity index (χ4n) is 6.93. The van der Waals surface area contributed by atoms with E-state index in [9.17, 15) is 19.5 Å². The Kier molecular flexibility index (Phi) is 10.7. The SMILES string of the molecule is C=CCCCCN(C)C(=O)C1CC(Oc2cc(-c3cccc(C(C)C)n3)nc3c(C)c(OC)ccc23)CC1C(=O)NC1(C(=O)O)CC1C=C. The minimum absolute atomic E-state index is 0.152. The summed E-state index contributed by atoms with van der Waals surface area (Å²) in [6.07, 6.45) is 6.31. The van der Waals surface area contributed by atoms with E-state index in [1.54, 1.807) is 25.1 Å². The Morgan fingerprint density at radius 2 is 1.84 bits per heavy atom. The van der Waals surface area contributed by atoms with Gasteiger partial charge in [-0.3, -0.25) is 14.6 Å². The number of carboxylic acid groups (broad SMARTS) is 1. The lowest BCUT2D eigenvalue weighted by atomic mass is 9.93. The maximum absolute atomic E-state index is 13.9. The lowest BCUT2D eigenvalue weighted by Crippen LogP contribution is -2.49. The van der Waals surface area contributed by atoms with Crippen molar-refractivity contribution in [1.29, 1.82) is 0 Å². The van der Waals surface area contributed by atoms with Crippen molar-refractivity contribution in [1.82, 2.24) is 20.2 Å². The molecule has 2 aliphatic carbocycles. The molecule has 2 aliphatic rings. The summed E-state index contributed by atoms with van der Waals surface area (Å²) in [5.41, 5.74) is 2.43. The zero-order valence-corrected chi connectivity index (χ0v) is 29.2. The van der Waals surface area contributed by atoms with E-state index >= 15 is 0 Å². The van der Waals surface area contributed by atoms with Crippen LogP contribution < -0.4 is 14.8 Å². The topological polar surface area (TPSA) is 131 Å². The highest BCUT2D eigenvalue weighted by Gasteiger charge is 2.61. The molecule has 2 N–H and O–H groups in total. The van der Waals surface area contributed by atoms with Crippen molar-refractivity contribution in [2.24, 2.45) is 17.8 Å². The number of carbonyl (C=O) groups is 3. The van der Waals surface area contributed by atoms with Crippen molar-refractivity contribution in [3.63, 3.8) is 0 Å². The maximum atomic E-state index is 13.9. The first-order valence-electron chi connectivity index (χ1n) is 17.1. The number of carboxylic acids is 1. The number of fused-ring (bicyclic) bond motifs is 1. The minimum atomic E-state index is -1.40. The largest absolute Gasteiger partial charge is 0.496 e. The summed E-state index contributed by atoms with van der Waals surface area (Å²) in [6, 6.07) is 11.5. The first kappa shape index (κ1) is 35.6. The molecular weight excluding hydrogens is 620 g/mol. The number of hydrogen-bond donors (Lipinski definition) is 2. The Hall–Kier alpha value is -4.73. The number of methoxy groups -OCH3 is 1. The average Bonchev–Trinajstić information content (AvgIpc) is 3.66. The number of aromatic nitrogens is 2. The Labute approximate surface area is 288 Å². The molecule has 2 saturated carbocycles. The summed E-state index contributed by atoms with van der Waals surface area (Å²) in [5, 5.41) is 13.6. The van der Waals surface area contributed by atoms with Crippen LogP contribution in [0.15, 0.2) is 61.7 Å². The second-order valence-corrected chi connectivity index (χ2v) is 13.7. The van der Waals surface area contributed by atoms with Gasteiger partial charge in [0, 0.05) is 42.2 Å². The zero-order chi connectivity index (χ0) is 35.5. The van der Waals surface area contributed by atoms with Crippen molar-refractivity contribution in [3.05, 3.63) is 73.0 Å². The quantitative estimate of drug-likeness (QED) is 0.139. The Morgan fingerprint density at radius 3 is 2.49 bits per heavy atom. The Morgan fingerprint density at radius 1 is 1.08 bits per heavy atom. The summed E-state index contributed by atoms with van der Waals surface area (Å²) in [6.45, 7) is 14.2. The van der Waals surface area contributed by atoms with Crippen LogP contribution in [0, 0.1) is 24.7 Å². The first-order valence-corrected chi connectivity index (χ1v) is 17.1. The first-order chi connectivity index (χ1) is 23.4. The molecule has 2 heterocycles. The van der Waals surface area contributed by atoms with Crippen LogP contribution in [0.4, 0.5) is 0 Å². The molecule has 10 heteroatoms. The molecule has 0 radical (unpaired) electrons. The third kappa shape index (κ3) is 7.33. The van der Waals surface area contributed by atoms with Crippen molar-refractivity contribution < 1.29 is 29.0 Å². The highest BCUT2D eigenvalue weighted by Crippen LogP contribution is 2.46. The molecule has 10 nitrogen and oxygen atoms in total. The van der Waals surface area contributed by atoms with Crippen molar-refractivity contribution in [2.75, 3.05) is 20.7 Å². The molecule has 260 valence electrons. The number of benzene rings is 1. The molecule has 0 saturated heterocycles. The van der Waals surface area contributed by atoms with Gasteiger partial charge in [-0.1, -0.05) is 32.1 Å². The van der Waals surface area contributed by atoms with Crippen LogP contribution in [0.1, 0.15) is 69.5 Å². The highest BCUT2D eigenvalue weighted by molar-refractivity contribution is 5.94. The number of unbranched alkanes of at least 4 members (excludes halogenated alkanes) is 2. The number of nitrogens with zero attached hydrogens (tertiary/aromatic N) is 3. The van der Waals surface area contributed by atoms with Crippen molar-refractivity contribution >= 4 is 28.7 Å². The van der Waals surface area contributed by atoms with E-state index in [-0.39, 0.29) is 30.6 Å². The van der Waals surface area contributed by atoms with E-state index < -0.39 is 35.4 Å². The molecule has 0 aliphatic heterocycles. The number of pyridine rings is 2. The second kappa shape index (κ2) is 14.8. The fraction of sp³-hybridized carbons (Fsp3) is 0.462. The van der Waals surface area contributed by atoms with Crippen molar-refractivity contribution in [3.8, 4) is 22.9 Å². The van der Waals surface area contributed by atoms with E-state index in [0.717, 1.165) is 35.9 Å². The molecule has 5 unspecified atom stereocenters. The normalized spacial score (nSPS) is 22.8. The Balaban J connectivity index is 1.49. The zero-order valence-electron chi connectivity index (χ0n) is 29.2. The van der Waals surface area contributed by atoms with Gasteiger partial charge in [-0.25, -0.2) is 9.78 Å². The number of amides is 2. The molecule has 5 atom stereocenters. The Bertz CT molecular complexity index is 1750. The molecule has 0 bridgehead atoms. The van der Waals surface area contributed by atoms with Gasteiger partial charge >= 0.3 is 5.97 Å². The number of allylic oxidation sites excluding steroid dienone is 1. The van der Waals surface area contributed by atoms with Gasteiger partial charge in [0.2, 0.25) is 11.8 Å². The molecule has 0 spiro atoms. The van der Waals surface area contributed by atoms with Gasteiger partial charge in [0.1, 0.15) is 23.1 Å². The van der Waals surface area contributed by atoms with Gasteiger partial charge in [0.15, 0.2) is 0 Å². The molecule has 1 aromatic carbocycles. The van der Waals surface area contributed by atoms with Gasteiger partial charge in [0.05, 0.1) is 35.9 Å². The number of aliphatic carboxylic acids is 1. The minimum Gasteiger partial charge on any atom is -0.496 e. The van der Waals surface area contributed by atoms with Gasteiger partial charge in [0.25, 0.3) is 0 Å². The third-order valence-corrected chi connectivity index (χ3v) is 10.0. The smallest absolute Gasteiger partial charge is 0.330 e. The van der Waals surface area contributed by atoms with Crippen LogP contribution in [0.25, 0.3) is 22.3 Å². The van der Waals surface area contributed by atoms with Gasteiger partial charge < -0.3 is 24.8 Å². The molecule has 2 fully saturated rings. The molecule has 2 aromatic heterocycles. The third-order valence-electron chi connectivity index (χ3n) is 10.0. The number of aryl methyl sites for hydroxylation is 1. The standard InChI is InChI=1S/C39H48N4O6/c1-8-10-11-12-18-43(6)37(45)29-20-26(19-28(29)36(44)42-39(38(46)47)22-25(39)9-2)49-34-21-32(31-15-13-14-30(40-31)23(3)4)41-35-24(5)33(48-7)17-16-27(34)35/h8-9,13-17,21,23,25-26,28-29H,1-2,10-12,18-20,22H2,3-7H3,(H,42,44)(H,46,47). The monoisotopic (exact) mass is 668 g/mol. The summed E-state index contributed by atoms with van der Waals surface area (Å²) >= 11 is 0. The van der Waals surface area contributed by atoms with E-state index in [4.69, 9.17) is 19.4 Å². The van der Waals surface area contributed by atoms with Crippen LogP contribution in [0.5, 0.6) is 11.5 Å². The van der Waals surface area contributed by atoms with Gasteiger partial charge in [-0.15, -0.1) is 13.2 Å². The molecule has 2 amide bonds. The predicted molar refractivity (Wildman–Crippen MR) is 189 cm³/mol. The number of ether oxygens (including phenoxy) is 2. The van der Waals surface area contributed by atoms with Crippen molar-refractivity contribution in [2.45, 2.75) is 76.9 Å². The number of carbonyl (C=O) groups excluding carboxylic acids is 2. The fourth-order valence-corrected chi connectivity index (χ4v) is 6.93. The lowest BCUT2D eigenvalue weighted by Gasteiger charge is -2.25. The van der Waals surface area contributed by atoms with E-state index in [2.05, 4.69) is 32.3 Å². The van der Waals surface area contributed by atoms with E-state index in [0.29, 0.717) is 41.4 Å². The number of hydrogen-bond acceptors (Lipinski definition) is 7. The van der Waals surface area contributed by atoms with Crippen LogP contribution in [0.3, 0.4) is 0 Å². The predicted octanol–water partition coefficient (Wildman–Crippen LogP) is 6.47. The van der Waals surface area contributed by atoms with E-state index in [1.165, 1.54) is 0 Å². The maximum Gasteiger partial charge on any atom is 0.330 e. The van der Waals surface area contributed by atoms with Gasteiger partial charge in [-0.05, 0) is 75.6 Å². The average molecular weight is 669 g/mol. The second-order valence-electron chi connectivity index (χ2n) is 13.7. The van der Waals surface area contributed by atoms with Crippen LogP contribution in [0.2, 0.25) is 0 Å². The molecule has 49 heavy (non-hydrogen) atoms. The summed E-state index contributed by atoms with van der Waals surface area (Å²) in [7, 11) is 3.37. The van der Waals surface area contributed by atoms with E-state index in [1.807, 2.05) is 49.4 Å². The lowest BCUT2D eigenvalue weighted by molar-refractivity contribution is -0.145. The highest BCUT2D eigenvalue weighted by atomic mass is 16.5. The summed E-state index contributed by atoms with van der Waals surface area (Å²) < 4.78 is 12.4. The molecule has 5 rings (SSSR count). The van der Waals surface area contributed by atoms with Crippen LogP contribution in [-0.2, 0) is 14.4 Å². The number of nitrogens with one attached hydrogen (secondary N) is 1. The summed E-state index contributed by atoms with van der Waals surface area (Å²) in [4.78, 5) is 51.6. The molecule has 3 aromatic rings.